The van der Waals surface area contributed by atoms with Crippen LogP contribution in [0.5, 0.6) is 0 Å². The molecule has 3 aromatic rings. The zero-order chi connectivity index (χ0) is 15.4. The minimum atomic E-state index is 0.0524. The summed E-state index contributed by atoms with van der Waals surface area (Å²) in [5.41, 5.74) is 1.91. The molecule has 0 amide bonds. The SMILES string of the molecule is Cn1cc(CNc2nc(NCCO)c3ccccc3n2)cn1. The first-order valence-corrected chi connectivity index (χ1v) is 7.09. The summed E-state index contributed by atoms with van der Waals surface area (Å²) in [4.78, 5) is 9.00. The van der Waals surface area contributed by atoms with Crippen LogP contribution in [-0.4, -0.2) is 38.0 Å². The van der Waals surface area contributed by atoms with Crippen LogP contribution in [-0.2, 0) is 13.6 Å². The average molecular weight is 298 g/mol. The number of para-hydroxylation sites is 1. The number of aryl methyl sites for hydroxylation is 1. The zero-order valence-electron chi connectivity index (χ0n) is 12.3. The number of hydrogen-bond donors (Lipinski definition) is 3. The van der Waals surface area contributed by atoms with Gasteiger partial charge in [0.2, 0.25) is 5.95 Å². The highest BCUT2D eigenvalue weighted by Gasteiger charge is 2.07. The molecule has 0 aliphatic carbocycles. The minimum absolute atomic E-state index is 0.0524. The Bertz CT molecular complexity index is 770. The quantitative estimate of drug-likeness (QED) is 0.637. The number of nitrogens with zero attached hydrogens (tertiary/aromatic N) is 4. The molecule has 2 aromatic heterocycles. The molecule has 0 aliphatic heterocycles. The Hall–Kier alpha value is -2.67. The first-order chi connectivity index (χ1) is 10.8. The maximum absolute atomic E-state index is 8.99. The van der Waals surface area contributed by atoms with Gasteiger partial charge in [0.25, 0.3) is 0 Å². The van der Waals surface area contributed by atoms with Gasteiger partial charge in [0, 0.05) is 37.3 Å². The normalized spacial score (nSPS) is 10.8. The molecule has 0 bridgehead atoms. The Balaban J connectivity index is 1.85. The third-order valence-corrected chi connectivity index (χ3v) is 3.22. The molecule has 0 atom stereocenters. The summed E-state index contributed by atoms with van der Waals surface area (Å²) in [5.74, 6) is 1.26. The second-order valence-corrected chi connectivity index (χ2v) is 4.94. The molecule has 22 heavy (non-hydrogen) atoms. The van der Waals surface area contributed by atoms with Gasteiger partial charge >= 0.3 is 0 Å². The van der Waals surface area contributed by atoms with Gasteiger partial charge in [-0.05, 0) is 12.1 Å². The Labute approximate surface area is 128 Å². The van der Waals surface area contributed by atoms with E-state index in [-0.39, 0.29) is 6.61 Å². The van der Waals surface area contributed by atoms with Crippen LogP contribution >= 0.6 is 0 Å². The van der Waals surface area contributed by atoms with Crippen molar-refractivity contribution in [2.45, 2.75) is 6.54 Å². The van der Waals surface area contributed by atoms with Crippen LogP contribution in [0.1, 0.15) is 5.56 Å². The minimum Gasteiger partial charge on any atom is -0.395 e. The Kier molecular flexibility index (Phi) is 4.15. The van der Waals surface area contributed by atoms with Crippen LogP contribution in [0, 0.1) is 0 Å². The summed E-state index contributed by atoms with van der Waals surface area (Å²) >= 11 is 0. The summed E-state index contributed by atoms with van der Waals surface area (Å²) in [6.45, 7) is 1.10. The van der Waals surface area contributed by atoms with E-state index in [1.807, 2.05) is 37.5 Å². The first-order valence-electron chi connectivity index (χ1n) is 7.09. The molecule has 0 radical (unpaired) electrons. The number of hydrogen-bond acceptors (Lipinski definition) is 6. The van der Waals surface area contributed by atoms with Gasteiger partial charge in [-0.3, -0.25) is 4.68 Å². The largest absolute Gasteiger partial charge is 0.395 e. The van der Waals surface area contributed by atoms with Crippen molar-refractivity contribution in [3.8, 4) is 0 Å². The van der Waals surface area contributed by atoms with Gasteiger partial charge in [-0.15, -0.1) is 0 Å². The molecule has 0 saturated carbocycles. The highest BCUT2D eigenvalue weighted by atomic mass is 16.3. The first kappa shape index (κ1) is 14.3. The number of benzene rings is 1. The van der Waals surface area contributed by atoms with Crippen molar-refractivity contribution < 1.29 is 5.11 Å². The summed E-state index contributed by atoms with van der Waals surface area (Å²) in [6, 6.07) is 7.78. The molecule has 0 saturated heterocycles. The molecule has 7 nitrogen and oxygen atoms in total. The molecule has 2 heterocycles. The predicted octanol–water partition coefficient (Wildman–Crippen LogP) is 1.38. The predicted molar refractivity (Wildman–Crippen MR) is 85.6 cm³/mol. The second kappa shape index (κ2) is 6.40. The lowest BCUT2D eigenvalue weighted by molar-refractivity contribution is 0.311. The second-order valence-electron chi connectivity index (χ2n) is 4.94. The summed E-state index contributed by atoms with van der Waals surface area (Å²) < 4.78 is 1.76. The van der Waals surface area contributed by atoms with Crippen molar-refractivity contribution in [3.05, 3.63) is 42.2 Å². The number of anilines is 2. The van der Waals surface area contributed by atoms with E-state index in [0.29, 0.717) is 24.9 Å². The van der Waals surface area contributed by atoms with Gasteiger partial charge in [0.05, 0.1) is 18.3 Å². The molecule has 0 unspecified atom stereocenters. The van der Waals surface area contributed by atoms with Crippen molar-refractivity contribution in [1.29, 1.82) is 0 Å². The van der Waals surface area contributed by atoms with E-state index in [2.05, 4.69) is 25.7 Å². The third kappa shape index (κ3) is 3.15. The van der Waals surface area contributed by atoms with Crippen LogP contribution in [0.2, 0.25) is 0 Å². The summed E-state index contributed by atoms with van der Waals surface area (Å²) in [5, 5.41) is 20.4. The number of aromatic nitrogens is 4. The van der Waals surface area contributed by atoms with Crippen molar-refractivity contribution >= 4 is 22.7 Å². The monoisotopic (exact) mass is 298 g/mol. The zero-order valence-corrected chi connectivity index (χ0v) is 12.3. The number of aliphatic hydroxyl groups is 1. The van der Waals surface area contributed by atoms with Crippen LogP contribution < -0.4 is 10.6 Å². The number of aliphatic hydroxyl groups excluding tert-OH is 1. The number of fused-ring (bicyclic) bond motifs is 1. The molecule has 0 fully saturated rings. The topological polar surface area (TPSA) is 87.9 Å². The van der Waals surface area contributed by atoms with Crippen LogP contribution in [0.15, 0.2) is 36.7 Å². The lowest BCUT2D eigenvalue weighted by atomic mass is 10.2. The maximum Gasteiger partial charge on any atom is 0.225 e. The Morgan fingerprint density at radius 2 is 2.05 bits per heavy atom. The van der Waals surface area contributed by atoms with Crippen LogP contribution in [0.4, 0.5) is 11.8 Å². The van der Waals surface area contributed by atoms with E-state index in [1.165, 1.54) is 0 Å². The molecule has 0 aliphatic rings. The summed E-state index contributed by atoms with van der Waals surface area (Å²) in [7, 11) is 1.88. The molecule has 1 aromatic carbocycles. The molecule has 3 N–H and O–H groups in total. The molecule has 7 heteroatoms. The Morgan fingerprint density at radius 1 is 1.18 bits per heavy atom. The van der Waals surface area contributed by atoms with E-state index in [0.717, 1.165) is 16.5 Å². The van der Waals surface area contributed by atoms with Gasteiger partial charge < -0.3 is 15.7 Å². The van der Waals surface area contributed by atoms with Crippen molar-refractivity contribution in [3.63, 3.8) is 0 Å². The van der Waals surface area contributed by atoms with E-state index >= 15 is 0 Å². The standard InChI is InChI=1S/C15H18N6O/c1-21-10-11(9-18-21)8-17-15-19-13-5-3-2-4-12(13)14(20-15)16-6-7-22/h2-5,9-10,22H,6-8H2,1H3,(H2,16,17,19,20). The third-order valence-electron chi connectivity index (χ3n) is 3.22. The maximum atomic E-state index is 8.99. The molecular weight excluding hydrogens is 280 g/mol. The smallest absolute Gasteiger partial charge is 0.225 e. The Morgan fingerprint density at radius 3 is 2.82 bits per heavy atom. The van der Waals surface area contributed by atoms with Gasteiger partial charge in [0.15, 0.2) is 0 Å². The highest BCUT2D eigenvalue weighted by Crippen LogP contribution is 2.21. The fraction of sp³-hybridized carbons (Fsp3) is 0.267. The van der Waals surface area contributed by atoms with Gasteiger partial charge in [-0.2, -0.15) is 10.1 Å². The number of rotatable bonds is 6. The molecule has 114 valence electrons. The van der Waals surface area contributed by atoms with E-state index < -0.39 is 0 Å². The molecule has 0 spiro atoms. The van der Waals surface area contributed by atoms with Crippen LogP contribution in [0.3, 0.4) is 0 Å². The fourth-order valence-electron chi connectivity index (χ4n) is 2.21. The van der Waals surface area contributed by atoms with Crippen LogP contribution in [0.25, 0.3) is 10.9 Å². The van der Waals surface area contributed by atoms with Gasteiger partial charge in [-0.1, -0.05) is 12.1 Å². The fourth-order valence-corrected chi connectivity index (χ4v) is 2.21. The van der Waals surface area contributed by atoms with E-state index in [4.69, 9.17) is 5.11 Å². The van der Waals surface area contributed by atoms with Gasteiger partial charge in [0.1, 0.15) is 5.82 Å². The molecule has 3 rings (SSSR count). The van der Waals surface area contributed by atoms with Crippen molar-refractivity contribution in [2.24, 2.45) is 7.05 Å². The van der Waals surface area contributed by atoms with Crippen molar-refractivity contribution in [2.75, 3.05) is 23.8 Å². The lowest BCUT2D eigenvalue weighted by Gasteiger charge is -2.10. The highest BCUT2D eigenvalue weighted by molar-refractivity contribution is 5.89. The average Bonchev–Trinajstić information content (AvgIpc) is 2.96. The lowest BCUT2D eigenvalue weighted by Crippen LogP contribution is -2.10. The molecular formula is C15H18N6O. The van der Waals surface area contributed by atoms with Gasteiger partial charge in [-0.25, -0.2) is 4.98 Å². The van der Waals surface area contributed by atoms with E-state index in [9.17, 15) is 0 Å². The van der Waals surface area contributed by atoms with E-state index in [1.54, 1.807) is 10.9 Å². The summed E-state index contributed by atoms with van der Waals surface area (Å²) in [6.07, 6.45) is 3.75. The number of nitrogens with one attached hydrogen (secondary N) is 2. The van der Waals surface area contributed by atoms with Crippen molar-refractivity contribution in [1.82, 2.24) is 19.7 Å².